The van der Waals surface area contributed by atoms with Crippen LogP contribution in [-0.4, -0.2) is 21.1 Å². The monoisotopic (exact) mass is 290 g/mol. The average Bonchev–Trinajstić information content (AvgIpc) is 2.85. The number of hydrogen-bond donors (Lipinski definition) is 1. The molecule has 0 radical (unpaired) electrons. The molecule has 0 bridgehead atoms. The highest BCUT2D eigenvalue weighted by atomic mass is 35.5. The number of anilines is 1. The summed E-state index contributed by atoms with van der Waals surface area (Å²) in [5.41, 5.74) is 1.55. The fourth-order valence-corrected chi connectivity index (χ4v) is 2.36. The molecule has 0 aliphatic carbocycles. The van der Waals surface area contributed by atoms with E-state index < -0.39 is 0 Å². The van der Waals surface area contributed by atoms with Crippen LogP contribution in [-0.2, 0) is 0 Å². The van der Waals surface area contributed by atoms with Crippen molar-refractivity contribution in [1.82, 2.24) is 15.2 Å². The molecule has 0 atom stereocenters. The zero-order valence-corrected chi connectivity index (χ0v) is 11.1. The zero-order valence-electron chi connectivity index (χ0n) is 9.50. The number of fused-ring (bicyclic) bond motifs is 1. The van der Waals surface area contributed by atoms with E-state index in [9.17, 15) is 4.79 Å². The van der Waals surface area contributed by atoms with Crippen molar-refractivity contribution in [3.05, 3.63) is 46.0 Å². The van der Waals surface area contributed by atoms with E-state index in [4.69, 9.17) is 11.6 Å². The van der Waals surface area contributed by atoms with E-state index in [1.54, 1.807) is 12.3 Å². The van der Waals surface area contributed by atoms with Gasteiger partial charge in [-0.2, -0.15) is 0 Å². The van der Waals surface area contributed by atoms with E-state index in [-0.39, 0.29) is 15.4 Å². The molecule has 0 aliphatic rings. The first-order chi connectivity index (χ1) is 9.22. The summed E-state index contributed by atoms with van der Waals surface area (Å²) >= 11 is 6.68. The number of rotatable bonds is 2. The van der Waals surface area contributed by atoms with Gasteiger partial charge in [0.15, 0.2) is 0 Å². The Kier molecular flexibility index (Phi) is 3.10. The van der Waals surface area contributed by atoms with Crippen LogP contribution in [0.1, 0.15) is 9.80 Å². The Bertz CT molecular complexity index is 758. The number of hydrogen-bond acceptors (Lipinski definition) is 5. The fourth-order valence-electron chi connectivity index (χ4n) is 1.64. The average molecular weight is 291 g/mol. The molecule has 7 heteroatoms. The lowest BCUT2D eigenvalue weighted by Gasteiger charge is -2.03. The van der Waals surface area contributed by atoms with E-state index in [1.807, 2.05) is 24.3 Å². The Morgan fingerprint density at radius 2 is 2.16 bits per heavy atom. The molecule has 0 aliphatic heterocycles. The smallest absolute Gasteiger partial charge is 0.286 e. The molecule has 2 heterocycles. The minimum absolute atomic E-state index is 0.233. The summed E-state index contributed by atoms with van der Waals surface area (Å²) in [5.74, 6) is -0.326. The lowest BCUT2D eigenvalue weighted by molar-refractivity contribution is 0.102. The molecule has 0 saturated carbocycles. The predicted molar refractivity (Wildman–Crippen MR) is 74.6 cm³/mol. The van der Waals surface area contributed by atoms with Crippen LogP contribution in [0.5, 0.6) is 0 Å². The molecule has 94 valence electrons. The highest BCUT2D eigenvalue weighted by molar-refractivity contribution is 7.17. The minimum atomic E-state index is -0.326. The molecule has 0 saturated heterocycles. The maximum atomic E-state index is 11.9. The van der Waals surface area contributed by atoms with Gasteiger partial charge in [0.05, 0.1) is 5.52 Å². The van der Waals surface area contributed by atoms with Gasteiger partial charge < -0.3 is 5.32 Å². The Hall–Kier alpha value is -2.05. The topological polar surface area (TPSA) is 67.8 Å². The summed E-state index contributed by atoms with van der Waals surface area (Å²) < 4.78 is 0.243. The van der Waals surface area contributed by atoms with Crippen LogP contribution in [0.3, 0.4) is 0 Å². The highest BCUT2D eigenvalue weighted by Crippen LogP contribution is 2.19. The third-order valence-electron chi connectivity index (χ3n) is 2.46. The Morgan fingerprint density at radius 1 is 1.26 bits per heavy atom. The normalized spacial score (nSPS) is 10.6. The maximum Gasteiger partial charge on any atom is 0.286 e. The van der Waals surface area contributed by atoms with Gasteiger partial charge in [-0.15, -0.1) is 10.2 Å². The number of nitrogens with one attached hydrogen (secondary N) is 1. The molecule has 19 heavy (non-hydrogen) atoms. The number of carbonyl (C=O) groups is 1. The number of aromatic nitrogens is 3. The molecule has 1 aromatic carbocycles. The summed E-state index contributed by atoms with van der Waals surface area (Å²) in [6.45, 7) is 0. The van der Waals surface area contributed by atoms with E-state index in [2.05, 4.69) is 20.5 Å². The van der Waals surface area contributed by atoms with Crippen molar-refractivity contribution in [3.8, 4) is 0 Å². The number of halogens is 1. The zero-order chi connectivity index (χ0) is 13.2. The Morgan fingerprint density at radius 3 is 2.95 bits per heavy atom. The molecule has 0 unspecified atom stereocenters. The SMILES string of the molecule is O=C(Nc1ccc2ncccc2c1)c1nnc(Cl)s1. The van der Waals surface area contributed by atoms with Crippen LogP contribution in [0.2, 0.25) is 4.47 Å². The van der Waals surface area contributed by atoms with Crippen molar-refractivity contribution in [3.63, 3.8) is 0 Å². The van der Waals surface area contributed by atoms with Gasteiger partial charge in [0, 0.05) is 17.3 Å². The lowest BCUT2D eigenvalue weighted by atomic mass is 10.2. The van der Waals surface area contributed by atoms with E-state index in [0.29, 0.717) is 5.69 Å². The van der Waals surface area contributed by atoms with Crippen molar-refractivity contribution in [2.24, 2.45) is 0 Å². The second-order valence-electron chi connectivity index (χ2n) is 3.73. The van der Waals surface area contributed by atoms with Crippen molar-refractivity contribution < 1.29 is 4.79 Å². The number of carbonyl (C=O) groups excluding carboxylic acids is 1. The summed E-state index contributed by atoms with van der Waals surface area (Å²) in [4.78, 5) is 16.1. The van der Waals surface area contributed by atoms with Gasteiger partial charge in [-0.1, -0.05) is 17.4 Å². The molecular formula is C12H7ClN4OS. The summed E-state index contributed by atoms with van der Waals surface area (Å²) in [5, 5.41) is 11.2. The van der Waals surface area contributed by atoms with Crippen molar-refractivity contribution >= 4 is 45.4 Å². The van der Waals surface area contributed by atoms with Gasteiger partial charge in [0.25, 0.3) is 5.91 Å². The third kappa shape index (κ3) is 2.54. The van der Waals surface area contributed by atoms with E-state index >= 15 is 0 Å². The number of amides is 1. The quantitative estimate of drug-likeness (QED) is 0.788. The molecule has 0 fully saturated rings. The van der Waals surface area contributed by atoms with Gasteiger partial charge in [-0.3, -0.25) is 9.78 Å². The number of nitrogens with zero attached hydrogens (tertiary/aromatic N) is 3. The van der Waals surface area contributed by atoms with Crippen LogP contribution in [0.15, 0.2) is 36.5 Å². The van der Waals surface area contributed by atoms with E-state index in [1.165, 1.54) is 0 Å². The van der Waals surface area contributed by atoms with E-state index in [0.717, 1.165) is 22.2 Å². The van der Waals surface area contributed by atoms with Crippen LogP contribution < -0.4 is 5.32 Å². The van der Waals surface area contributed by atoms with Crippen LogP contribution in [0.4, 0.5) is 5.69 Å². The summed E-state index contributed by atoms with van der Waals surface area (Å²) in [6, 6.07) is 9.26. The highest BCUT2D eigenvalue weighted by Gasteiger charge is 2.12. The number of pyridine rings is 1. The molecule has 3 rings (SSSR count). The van der Waals surface area contributed by atoms with Gasteiger partial charge >= 0.3 is 0 Å². The first kappa shape index (κ1) is 12.0. The van der Waals surface area contributed by atoms with Crippen molar-refractivity contribution in [2.75, 3.05) is 5.32 Å². The second kappa shape index (κ2) is 4.91. The predicted octanol–water partition coefficient (Wildman–Crippen LogP) is 2.99. The second-order valence-corrected chi connectivity index (χ2v) is 5.28. The first-order valence-electron chi connectivity index (χ1n) is 5.37. The molecule has 0 spiro atoms. The molecule has 1 amide bonds. The summed E-state index contributed by atoms with van der Waals surface area (Å²) in [7, 11) is 0. The van der Waals surface area contributed by atoms with Gasteiger partial charge in [-0.05, 0) is 35.9 Å². The third-order valence-corrected chi connectivity index (χ3v) is 3.47. The maximum absolute atomic E-state index is 11.9. The molecular weight excluding hydrogens is 284 g/mol. The molecule has 1 N–H and O–H groups in total. The van der Waals surface area contributed by atoms with Gasteiger partial charge in [0.2, 0.25) is 9.47 Å². The van der Waals surface area contributed by atoms with Gasteiger partial charge in [-0.25, -0.2) is 0 Å². The van der Waals surface area contributed by atoms with Crippen LogP contribution >= 0.6 is 22.9 Å². The first-order valence-corrected chi connectivity index (χ1v) is 6.57. The molecule has 5 nitrogen and oxygen atoms in total. The van der Waals surface area contributed by atoms with Crippen LogP contribution in [0, 0.1) is 0 Å². The fraction of sp³-hybridized carbons (Fsp3) is 0. The van der Waals surface area contributed by atoms with Crippen molar-refractivity contribution in [1.29, 1.82) is 0 Å². The Balaban J connectivity index is 1.87. The van der Waals surface area contributed by atoms with Crippen molar-refractivity contribution in [2.45, 2.75) is 0 Å². The van der Waals surface area contributed by atoms with Crippen LogP contribution in [0.25, 0.3) is 10.9 Å². The number of benzene rings is 1. The molecule has 3 aromatic rings. The largest absolute Gasteiger partial charge is 0.320 e. The Labute approximate surface area is 117 Å². The standard InChI is InChI=1S/C12H7ClN4OS/c13-12-17-16-11(19-12)10(18)15-8-3-4-9-7(6-8)2-1-5-14-9/h1-6H,(H,15,18). The summed E-state index contributed by atoms with van der Waals surface area (Å²) in [6.07, 6.45) is 1.73. The molecule has 2 aromatic heterocycles. The van der Waals surface area contributed by atoms with Gasteiger partial charge in [0.1, 0.15) is 0 Å². The minimum Gasteiger partial charge on any atom is -0.320 e. The lowest BCUT2D eigenvalue weighted by Crippen LogP contribution is -2.11.